The lowest BCUT2D eigenvalue weighted by Crippen LogP contribution is -2.53. The number of esters is 2. The zero-order chi connectivity index (χ0) is 19.7. The van der Waals surface area contributed by atoms with Crippen molar-refractivity contribution in [3.63, 3.8) is 0 Å². The molecule has 7 nitrogen and oxygen atoms in total. The third-order valence-corrected chi connectivity index (χ3v) is 3.82. The molecule has 1 atom stereocenters. The van der Waals surface area contributed by atoms with Crippen molar-refractivity contribution in [3.05, 3.63) is 28.2 Å². The van der Waals surface area contributed by atoms with Crippen LogP contribution in [0.2, 0.25) is 10.0 Å². The molecule has 0 fully saturated rings. The predicted octanol–water partition coefficient (Wildman–Crippen LogP) is 4.43. The van der Waals surface area contributed by atoms with Gasteiger partial charge in [0.15, 0.2) is 0 Å². The fourth-order valence-electron chi connectivity index (χ4n) is 1.59. The van der Waals surface area contributed by atoms with Gasteiger partial charge in [0.05, 0.1) is 11.6 Å². The topological polar surface area (TPSA) is 88.1 Å². The summed E-state index contributed by atoms with van der Waals surface area (Å²) >= 11 is 12.6. The van der Waals surface area contributed by atoms with Crippen LogP contribution in [-0.2, 0) is 23.8 Å². The predicted molar refractivity (Wildman–Crippen MR) is 97.5 cm³/mol. The molecule has 1 aromatic carbocycles. The summed E-state index contributed by atoms with van der Waals surface area (Å²) in [5.74, 6) is -4.56. The number of thioether (sulfide) groups is 1. The van der Waals surface area contributed by atoms with E-state index in [0.29, 0.717) is 10.8 Å². The van der Waals surface area contributed by atoms with E-state index in [1.807, 2.05) is 0 Å². The molecule has 10 heteroatoms. The molecule has 0 spiro atoms. The van der Waals surface area contributed by atoms with Gasteiger partial charge in [-0.25, -0.2) is 9.59 Å². The molecule has 0 aliphatic heterocycles. The fourth-order valence-corrected chi connectivity index (χ4v) is 2.44. The molecule has 1 rings (SSSR count). The van der Waals surface area contributed by atoms with Crippen molar-refractivity contribution in [1.29, 1.82) is 0 Å². The summed E-state index contributed by atoms with van der Waals surface area (Å²) in [5.41, 5.74) is 0. The second-order valence-corrected chi connectivity index (χ2v) is 6.61. The van der Waals surface area contributed by atoms with Gasteiger partial charge >= 0.3 is 23.2 Å². The molecule has 0 bridgehead atoms. The van der Waals surface area contributed by atoms with Crippen LogP contribution < -0.4 is 4.74 Å². The van der Waals surface area contributed by atoms with Crippen molar-refractivity contribution in [1.82, 2.24) is 0 Å². The first-order valence-electron chi connectivity index (χ1n) is 7.66. The Morgan fingerprint density at radius 3 is 2.35 bits per heavy atom. The number of benzene rings is 1. The zero-order valence-electron chi connectivity index (χ0n) is 14.4. The minimum Gasteiger partial charge on any atom is -0.457 e. The molecule has 0 N–H and O–H groups in total. The quantitative estimate of drug-likeness (QED) is 0.447. The molecule has 0 radical (unpaired) electrons. The van der Waals surface area contributed by atoms with Gasteiger partial charge in [-0.05, 0) is 36.9 Å². The maximum atomic E-state index is 12.5. The highest BCUT2D eigenvalue weighted by Gasteiger charge is 2.53. The number of ether oxygens (including phenoxy) is 4. The van der Waals surface area contributed by atoms with Crippen molar-refractivity contribution in [2.45, 2.75) is 33.2 Å². The highest BCUT2D eigenvalue weighted by molar-refractivity contribution is 8.13. The van der Waals surface area contributed by atoms with Crippen LogP contribution in [0, 0.1) is 0 Å². The van der Waals surface area contributed by atoms with Gasteiger partial charge < -0.3 is 18.9 Å². The maximum absolute atomic E-state index is 12.5. The van der Waals surface area contributed by atoms with Crippen LogP contribution >= 0.6 is 35.0 Å². The van der Waals surface area contributed by atoms with Gasteiger partial charge in [0.1, 0.15) is 5.75 Å². The Labute approximate surface area is 165 Å². The van der Waals surface area contributed by atoms with E-state index in [1.54, 1.807) is 6.92 Å². The minimum atomic E-state index is -2.76. The molecule has 0 amide bonds. The smallest absolute Gasteiger partial charge is 0.457 e. The Bertz CT molecular complexity index is 668. The second kappa shape index (κ2) is 10.5. The van der Waals surface area contributed by atoms with E-state index in [-0.39, 0.29) is 23.8 Å². The van der Waals surface area contributed by atoms with Crippen LogP contribution in [0.25, 0.3) is 0 Å². The van der Waals surface area contributed by atoms with Crippen LogP contribution in [0.4, 0.5) is 4.79 Å². The minimum absolute atomic E-state index is 0.0120. The summed E-state index contributed by atoms with van der Waals surface area (Å²) in [6.07, 6.45) is -0.0999. The number of rotatable bonds is 8. The number of carbonyl (C=O) groups is 3. The summed E-state index contributed by atoms with van der Waals surface area (Å²) in [4.78, 5) is 36.3. The highest BCUT2D eigenvalue weighted by Crippen LogP contribution is 2.33. The van der Waals surface area contributed by atoms with E-state index >= 15 is 0 Å². The Hall–Kier alpha value is -1.64. The lowest BCUT2D eigenvalue weighted by Gasteiger charge is -2.29. The Kier molecular flexibility index (Phi) is 9.04. The summed E-state index contributed by atoms with van der Waals surface area (Å²) in [6.45, 7) is 4.66. The van der Waals surface area contributed by atoms with Gasteiger partial charge in [0, 0.05) is 17.2 Å². The summed E-state index contributed by atoms with van der Waals surface area (Å²) in [7, 11) is 0. The Morgan fingerprint density at radius 1 is 1.12 bits per heavy atom. The molecule has 0 saturated heterocycles. The van der Waals surface area contributed by atoms with E-state index < -0.39 is 23.2 Å². The first kappa shape index (κ1) is 22.4. The molecular weight excluding hydrogens is 407 g/mol. The van der Waals surface area contributed by atoms with Crippen molar-refractivity contribution >= 4 is 52.2 Å². The number of hydrogen-bond acceptors (Lipinski definition) is 8. The molecule has 0 aliphatic rings. The first-order valence-corrected chi connectivity index (χ1v) is 9.41. The number of carbonyl (C=O) groups excluding carboxylic acids is 3. The van der Waals surface area contributed by atoms with E-state index in [2.05, 4.69) is 0 Å². The number of halogens is 2. The van der Waals surface area contributed by atoms with Gasteiger partial charge in [-0.1, -0.05) is 37.0 Å². The van der Waals surface area contributed by atoms with Gasteiger partial charge in [-0.3, -0.25) is 4.79 Å². The molecule has 1 aromatic rings. The van der Waals surface area contributed by atoms with Crippen LogP contribution in [0.5, 0.6) is 5.75 Å². The Balaban J connectivity index is 3.34. The molecule has 1 unspecified atom stereocenters. The van der Waals surface area contributed by atoms with Crippen molar-refractivity contribution in [3.8, 4) is 5.75 Å². The molecule has 0 aromatic heterocycles. The van der Waals surface area contributed by atoms with Crippen LogP contribution in [0.1, 0.15) is 27.2 Å². The van der Waals surface area contributed by atoms with E-state index in [0.717, 1.165) is 11.8 Å². The summed E-state index contributed by atoms with van der Waals surface area (Å²) < 4.78 is 20.4. The van der Waals surface area contributed by atoms with Crippen molar-refractivity contribution in [2.75, 3.05) is 12.4 Å². The monoisotopic (exact) mass is 424 g/mol. The third kappa shape index (κ3) is 6.26. The molecule has 144 valence electrons. The van der Waals surface area contributed by atoms with Crippen LogP contribution in [-0.4, -0.2) is 35.6 Å². The van der Waals surface area contributed by atoms with E-state index in [1.165, 1.54) is 32.0 Å². The van der Waals surface area contributed by atoms with E-state index in [9.17, 15) is 14.4 Å². The van der Waals surface area contributed by atoms with Crippen LogP contribution in [0.15, 0.2) is 18.2 Å². The average molecular weight is 425 g/mol. The molecule has 0 aliphatic carbocycles. The van der Waals surface area contributed by atoms with Gasteiger partial charge in [-0.2, -0.15) is 0 Å². The Morgan fingerprint density at radius 2 is 1.81 bits per heavy atom. The largest absolute Gasteiger partial charge is 0.528 e. The molecular formula is C16H18Cl2O7S. The average Bonchev–Trinajstić information content (AvgIpc) is 2.57. The van der Waals surface area contributed by atoms with Crippen molar-refractivity contribution in [2.24, 2.45) is 0 Å². The zero-order valence-corrected chi connectivity index (χ0v) is 16.7. The van der Waals surface area contributed by atoms with Crippen LogP contribution in [0.3, 0.4) is 0 Å². The number of hydrogen-bond donors (Lipinski definition) is 0. The fraction of sp³-hybridized carbons (Fsp3) is 0.438. The highest BCUT2D eigenvalue weighted by atomic mass is 35.5. The van der Waals surface area contributed by atoms with Crippen molar-refractivity contribution < 1.29 is 33.3 Å². The third-order valence-electron chi connectivity index (χ3n) is 2.68. The standard InChI is InChI=1S/C16H18Cl2O7S/c1-4-13(19)24-16(14(20)22-5-2,25-15(21)26-6-3)23-12-8-7-10(17)9-11(12)18/h7-9H,4-6H2,1-3H3. The molecule has 0 saturated carbocycles. The van der Waals surface area contributed by atoms with Gasteiger partial charge in [0.2, 0.25) is 0 Å². The second-order valence-electron chi connectivity index (χ2n) is 4.57. The lowest BCUT2D eigenvalue weighted by atomic mass is 10.3. The summed E-state index contributed by atoms with van der Waals surface area (Å²) in [6, 6.07) is 4.11. The SMILES string of the molecule is CCOC(=O)C(OC(=O)CC)(OC(=O)SCC)Oc1ccc(Cl)cc1Cl. The first-order chi connectivity index (χ1) is 12.3. The summed E-state index contributed by atoms with van der Waals surface area (Å²) in [5, 5.41) is -0.569. The maximum Gasteiger partial charge on any atom is 0.528 e. The van der Waals surface area contributed by atoms with Gasteiger partial charge in [0.25, 0.3) is 0 Å². The molecule has 26 heavy (non-hydrogen) atoms. The van der Waals surface area contributed by atoms with E-state index in [4.69, 9.17) is 42.1 Å². The lowest BCUT2D eigenvalue weighted by molar-refractivity contribution is -0.291. The van der Waals surface area contributed by atoms with Gasteiger partial charge in [-0.15, -0.1) is 0 Å². The molecule has 0 heterocycles. The normalized spacial score (nSPS) is 12.7.